The maximum absolute atomic E-state index is 10.8. The number of benzene rings is 1. The van der Waals surface area contributed by atoms with Crippen LogP contribution in [-0.4, -0.2) is 15.8 Å². The molecule has 2 rings (SSSR count). The van der Waals surface area contributed by atoms with Gasteiger partial charge < -0.3 is 5.11 Å². The van der Waals surface area contributed by atoms with Crippen molar-refractivity contribution in [1.82, 2.24) is 4.57 Å². The first-order valence-corrected chi connectivity index (χ1v) is 4.65. The van der Waals surface area contributed by atoms with Crippen LogP contribution in [0.3, 0.4) is 0 Å². The summed E-state index contributed by atoms with van der Waals surface area (Å²) in [7, 11) is 0. The monoisotopic (exact) mass is 209 g/mol. The van der Waals surface area contributed by atoms with Gasteiger partial charge in [0.15, 0.2) is 0 Å². The zero-order chi connectivity index (χ0) is 10.1. The number of aromatic nitrogens is 1. The molecule has 0 saturated heterocycles. The Labute approximate surface area is 85.5 Å². The van der Waals surface area contributed by atoms with Crippen molar-refractivity contribution in [3.05, 3.63) is 36.0 Å². The summed E-state index contributed by atoms with van der Waals surface area (Å²) in [6, 6.07) is 7.22. The van der Waals surface area contributed by atoms with Gasteiger partial charge >= 0.3 is 6.09 Å². The van der Waals surface area contributed by atoms with Crippen molar-refractivity contribution in [3.8, 4) is 0 Å². The average molecular weight is 210 g/mol. The van der Waals surface area contributed by atoms with Crippen molar-refractivity contribution in [1.29, 1.82) is 0 Å². The van der Waals surface area contributed by atoms with Crippen LogP contribution in [0.1, 0.15) is 5.56 Å². The number of halogens is 1. The lowest BCUT2D eigenvalue weighted by molar-refractivity contribution is 0.197. The van der Waals surface area contributed by atoms with Gasteiger partial charge in [-0.3, -0.25) is 4.57 Å². The fraction of sp³-hybridized carbons (Fsp3) is 0.100. The molecule has 0 aliphatic rings. The third kappa shape index (κ3) is 1.26. The normalized spacial score (nSPS) is 10.6. The predicted octanol–water partition coefficient (Wildman–Crippen LogP) is 2.91. The average Bonchev–Trinajstić information content (AvgIpc) is 2.60. The third-order valence-corrected chi connectivity index (χ3v) is 2.46. The van der Waals surface area contributed by atoms with E-state index in [1.165, 1.54) is 10.8 Å². The van der Waals surface area contributed by atoms with E-state index < -0.39 is 6.09 Å². The Kier molecular flexibility index (Phi) is 2.17. The number of alkyl halides is 1. The molecule has 4 heteroatoms. The van der Waals surface area contributed by atoms with Crippen LogP contribution >= 0.6 is 11.6 Å². The van der Waals surface area contributed by atoms with Crippen LogP contribution in [-0.2, 0) is 5.88 Å². The Hall–Kier alpha value is -1.48. The van der Waals surface area contributed by atoms with Crippen LogP contribution in [0.15, 0.2) is 30.5 Å². The van der Waals surface area contributed by atoms with Crippen LogP contribution in [0.25, 0.3) is 10.9 Å². The molecule has 1 aromatic heterocycles. The highest BCUT2D eigenvalue weighted by molar-refractivity contribution is 6.18. The van der Waals surface area contributed by atoms with E-state index in [9.17, 15) is 4.79 Å². The van der Waals surface area contributed by atoms with Crippen LogP contribution in [0.4, 0.5) is 4.79 Å². The second-order valence-corrected chi connectivity index (χ2v) is 3.22. The van der Waals surface area contributed by atoms with E-state index in [1.54, 1.807) is 18.2 Å². The summed E-state index contributed by atoms with van der Waals surface area (Å²) in [5.74, 6) is 0.390. The van der Waals surface area contributed by atoms with Gasteiger partial charge in [0.2, 0.25) is 0 Å². The number of hydrogen-bond donors (Lipinski definition) is 1. The topological polar surface area (TPSA) is 42.2 Å². The van der Waals surface area contributed by atoms with Crippen molar-refractivity contribution in [2.45, 2.75) is 5.88 Å². The summed E-state index contributed by atoms with van der Waals surface area (Å²) < 4.78 is 1.19. The summed E-state index contributed by atoms with van der Waals surface area (Å²) >= 11 is 5.74. The molecule has 1 N–H and O–H groups in total. The minimum atomic E-state index is -0.980. The zero-order valence-electron chi connectivity index (χ0n) is 7.27. The Bertz CT molecular complexity index is 490. The van der Waals surface area contributed by atoms with Crippen molar-refractivity contribution in [2.24, 2.45) is 0 Å². The molecule has 14 heavy (non-hydrogen) atoms. The molecule has 1 heterocycles. The van der Waals surface area contributed by atoms with Gasteiger partial charge in [-0.05, 0) is 17.7 Å². The minimum Gasteiger partial charge on any atom is -0.464 e. The number of carbonyl (C=O) groups is 1. The first-order valence-electron chi connectivity index (χ1n) is 4.12. The molecule has 0 saturated carbocycles. The molecule has 0 aliphatic heterocycles. The Morgan fingerprint density at radius 1 is 1.43 bits per heavy atom. The van der Waals surface area contributed by atoms with E-state index in [0.717, 1.165) is 10.9 Å². The summed E-state index contributed by atoms with van der Waals surface area (Å²) in [5, 5.41) is 9.76. The second kappa shape index (κ2) is 3.35. The van der Waals surface area contributed by atoms with E-state index in [0.29, 0.717) is 11.4 Å². The number of carboxylic acid groups (broad SMARTS) is 1. The fourth-order valence-electron chi connectivity index (χ4n) is 1.51. The van der Waals surface area contributed by atoms with E-state index >= 15 is 0 Å². The fourth-order valence-corrected chi connectivity index (χ4v) is 1.75. The maximum Gasteiger partial charge on any atom is 0.415 e. The third-order valence-electron chi connectivity index (χ3n) is 2.17. The standard InChI is InChI=1S/C10H8ClNO2/c11-6-7-2-1-3-9-8(7)4-5-12(9)10(13)14/h1-5H,6H2,(H,13,14). The van der Waals surface area contributed by atoms with Gasteiger partial charge in [-0.2, -0.15) is 0 Å². The molecule has 72 valence electrons. The summed E-state index contributed by atoms with van der Waals surface area (Å²) in [5.41, 5.74) is 1.62. The number of fused-ring (bicyclic) bond motifs is 1. The molecule has 0 atom stereocenters. The van der Waals surface area contributed by atoms with Gasteiger partial charge in [-0.15, -0.1) is 11.6 Å². The lowest BCUT2D eigenvalue weighted by atomic mass is 10.1. The first-order chi connectivity index (χ1) is 6.74. The van der Waals surface area contributed by atoms with E-state index in [4.69, 9.17) is 16.7 Å². The van der Waals surface area contributed by atoms with Crippen LogP contribution in [0, 0.1) is 0 Å². The van der Waals surface area contributed by atoms with Crippen LogP contribution in [0.5, 0.6) is 0 Å². The smallest absolute Gasteiger partial charge is 0.415 e. The van der Waals surface area contributed by atoms with Crippen molar-refractivity contribution in [3.63, 3.8) is 0 Å². The highest BCUT2D eigenvalue weighted by atomic mass is 35.5. The largest absolute Gasteiger partial charge is 0.464 e. The van der Waals surface area contributed by atoms with E-state index in [1.807, 2.05) is 6.07 Å². The van der Waals surface area contributed by atoms with Gasteiger partial charge in [0.05, 0.1) is 5.52 Å². The number of nitrogens with zero attached hydrogens (tertiary/aromatic N) is 1. The van der Waals surface area contributed by atoms with E-state index in [2.05, 4.69) is 0 Å². The first kappa shape index (κ1) is 9.09. The zero-order valence-corrected chi connectivity index (χ0v) is 8.03. The molecule has 0 spiro atoms. The summed E-state index contributed by atoms with van der Waals surface area (Å²) in [6.45, 7) is 0. The van der Waals surface area contributed by atoms with Gasteiger partial charge in [0.25, 0.3) is 0 Å². The number of rotatable bonds is 1. The second-order valence-electron chi connectivity index (χ2n) is 2.95. The highest BCUT2D eigenvalue weighted by Crippen LogP contribution is 2.21. The molecular formula is C10H8ClNO2. The van der Waals surface area contributed by atoms with Crippen LogP contribution in [0.2, 0.25) is 0 Å². The lowest BCUT2D eigenvalue weighted by Gasteiger charge is -2.00. The molecule has 0 unspecified atom stereocenters. The maximum atomic E-state index is 10.8. The van der Waals surface area contributed by atoms with Crippen molar-refractivity contribution < 1.29 is 9.90 Å². The Balaban J connectivity index is 2.75. The van der Waals surface area contributed by atoms with Crippen molar-refractivity contribution in [2.75, 3.05) is 0 Å². The molecule has 0 fully saturated rings. The molecule has 3 nitrogen and oxygen atoms in total. The van der Waals surface area contributed by atoms with Crippen LogP contribution < -0.4 is 0 Å². The predicted molar refractivity (Wildman–Crippen MR) is 54.9 cm³/mol. The molecule has 0 amide bonds. The molecule has 1 aromatic carbocycles. The minimum absolute atomic E-state index is 0.390. The van der Waals surface area contributed by atoms with Crippen molar-refractivity contribution >= 4 is 28.6 Å². The SMILES string of the molecule is O=C(O)n1ccc2c(CCl)cccc21. The van der Waals surface area contributed by atoms with Gasteiger partial charge in [-0.1, -0.05) is 12.1 Å². The molecule has 0 bridgehead atoms. The number of hydrogen-bond acceptors (Lipinski definition) is 1. The Morgan fingerprint density at radius 3 is 2.86 bits per heavy atom. The summed E-state index contributed by atoms with van der Waals surface area (Å²) in [4.78, 5) is 10.8. The Morgan fingerprint density at radius 2 is 2.21 bits per heavy atom. The van der Waals surface area contributed by atoms with Gasteiger partial charge in [-0.25, -0.2) is 4.79 Å². The highest BCUT2D eigenvalue weighted by Gasteiger charge is 2.08. The molecular weight excluding hydrogens is 202 g/mol. The van der Waals surface area contributed by atoms with Gasteiger partial charge in [0.1, 0.15) is 0 Å². The van der Waals surface area contributed by atoms with Gasteiger partial charge in [0, 0.05) is 17.5 Å². The lowest BCUT2D eigenvalue weighted by Crippen LogP contribution is -2.05. The van der Waals surface area contributed by atoms with E-state index in [-0.39, 0.29) is 0 Å². The molecule has 0 aliphatic carbocycles. The summed E-state index contributed by atoms with van der Waals surface area (Å²) in [6.07, 6.45) is 0.551. The quantitative estimate of drug-likeness (QED) is 0.734. The molecule has 2 aromatic rings. The molecule has 0 radical (unpaired) electrons.